The second-order valence-electron chi connectivity index (χ2n) is 5.96. The molecule has 1 atom stereocenters. The van der Waals surface area contributed by atoms with Gasteiger partial charge in [0, 0.05) is 24.3 Å². The van der Waals surface area contributed by atoms with Crippen LogP contribution in [-0.2, 0) is 4.79 Å². The predicted octanol–water partition coefficient (Wildman–Crippen LogP) is 3.01. The molecule has 1 aliphatic heterocycles. The van der Waals surface area contributed by atoms with Gasteiger partial charge >= 0.3 is 0 Å². The number of benzene rings is 2. The smallest absolute Gasteiger partial charge is 0.254 e. The van der Waals surface area contributed by atoms with Crippen molar-refractivity contribution in [1.82, 2.24) is 4.90 Å². The maximum Gasteiger partial charge on any atom is 0.254 e. The number of aryl methyl sites for hydroxylation is 1. The minimum atomic E-state index is -0.559. The summed E-state index contributed by atoms with van der Waals surface area (Å²) in [6, 6.07) is 12.5. The molecule has 0 saturated carbocycles. The van der Waals surface area contributed by atoms with Crippen molar-refractivity contribution in [3.05, 3.63) is 65.5 Å². The van der Waals surface area contributed by atoms with Crippen LogP contribution < -0.4 is 4.90 Å². The molecule has 1 heterocycles. The van der Waals surface area contributed by atoms with Crippen LogP contribution in [0.5, 0.6) is 0 Å². The Kier molecular flexibility index (Phi) is 4.34. The molecule has 1 aliphatic rings. The maximum absolute atomic E-state index is 13.0. The summed E-state index contributed by atoms with van der Waals surface area (Å²) in [4.78, 5) is 28.6. The molecule has 2 aromatic carbocycles. The third-order valence-corrected chi connectivity index (χ3v) is 4.41. The summed E-state index contributed by atoms with van der Waals surface area (Å²) >= 11 is 0. The standard InChI is InChI=1S/C19H19FN2O2/c1-13-5-3-4-6-17(13)22-12-11-21(14(2)18(22)23)19(24)15-7-9-16(20)10-8-15/h3-10,14H,11-12H2,1-2H3. The van der Waals surface area contributed by atoms with E-state index in [1.54, 1.807) is 16.7 Å². The van der Waals surface area contributed by atoms with Crippen LogP contribution in [-0.4, -0.2) is 35.8 Å². The average Bonchev–Trinajstić information content (AvgIpc) is 2.58. The lowest BCUT2D eigenvalue weighted by atomic mass is 10.1. The molecule has 2 aromatic rings. The second kappa shape index (κ2) is 6.43. The Balaban J connectivity index is 1.81. The van der Waals surface area contributed by atoms with Crippen LogP contribution in [0.1, 0.15) is 22.8 Å². The third-order valence-electron chi connectivity index (χ3n) is 4.41. The summed E-state index contributed by atoms with van der Waals surface area (Å²) in [7, 11) is 0. The molecule has 1 fully saturated rings. The van der Waals surface area contributed by atoms with Gasteiger partial charge < -0.3 is 9.80 Å². The van der Waals surface area contributed by atoms with E-state index >= 15 is 0 Å². The van der Waals surface area contributed by atoms with Crippen molar-refractivity contribution >= 4 is 17.5 Å². The highest BCUT2D eigenvalue weighted by molar-refractivity contribution is 6.03. The highest BCUT2D eigenvalue weighted by Crippen LogP contribution is 2.24. The van der Waals surface area contributed by atoms with E-state index in [9.17, 15) is 14.0 Å². The summed E-state index contributed by atoms with van der Waals surface area (Å²) in [5, 5.41) is 0. The molecule has 0 N–H and O–H groups in total. The van der Waals surface area contributed by atoms with Crippen LogP contribution in [0.25, 0.3) is 0 Å². The van der Waals surface area contributed by atoms with Gasteiger partial charge in [-0.15, -0.1) is 0 Å². The topological polar surface area (TPSA) is 40.6 Å². The molecule has 3 rings (SSSR count). The van der Waals surface area contributed by atoms with E-state index in [1.165, 1.54) is 24.3 Å². The first-order valence-electron chi connectivity index (χ1n) is 7.92. The third kappa shape index (κ3) is 2.89. The van der Waals surface area contributed by atoms with Crippen LogP contribution >= 0.6 is 0 Å². The number of anilines is 1. The number of halogens is 1. The number of hydrogen-bond donors (Lipinski definition) is 0. The molecule has 24 heavy (non-hydrogen) atoms. The van der Waals surface area contributed by atoms with Crippen LogP contribution in [0.4, 0.5) is 10.1 Å². The Morgan fingerprint density at radius 3 is 2.42 bits per heavy atom. The molecular weight excluding hydrogens is 307 g/mol. The summed E-state index contributed by atoms with van der Waals surface area (Å²) in [5.74, 6) is -0.744. The highest BCUT2D eigenvalue weighted by Gasteiger charge is 2.35. The number of carbonyl (C=O) groups is 2. The Morgan fingerprint density at radius 1 is 1.08 bits per heavy atom. The van der Waals surface area contributed by atoms with Crippen LogP contribution in [0.2, 0.25) is 0 Å². The molecule has 4 nitrogen and oxygen atoms in total. The average molecular weight is 326 g/mol. The number of piperazine rings is 1. The number of hydrogen-bond acceptors (Lipinski definition) is 2. The van der Waals surface area contributed by atoms with Gasteiger partial charge in [0.05, 0.1) is 0 Å². The fraction of sp³-hybridized carbons (Fsp3) is 0.263. The Bertz CT molecular complexity index is 773. The van der Waals surface area contributed by atoms with Crippen LogP contribution in [0, 0.1) is 12.7 Å². The molecule has 1 unspecified atom stereocenters. The molecule has 2 amide bonds. The monoisotopic (exact) mass is 326 g/mol. The SMILES string of the molecule is Cc1ccccc1N1CCN(C(=O)c2ccc(F)cc2)C(C)C1=O. The zero-order valence-electron chi connectivity index (χ0n) is 13.7. The van der Waals surface area contributed by atoms with E-state index in [4.69, 9.17) is 0 Å². The van der Waals surface area contributed by atoms with Gasteiger partial charge in [-0.25, -0.2) is 4.39 Å². The number of carbonyl (C=O) groups excluding carboxylic acids is 2. The minimum Gasteiger partial charge on any atom is -0.325 e. The number of rotatable bonds is 2. The van der Waals surface area contributed by atoms with Gasteiger partial charge in [0.25, 0.3) is 5.91 Å². The van der Waals surface area contributed by atoms with Gasteiger partial charge in [-0.3, -0.25) is 9.59 Å². The van der Waals surface area contributed by atoms with Crippen molar-refractivity contribution in [2.45, 2.75) is 19.9 Å². The quantitative estimate of drug-likeness (QED) is 0.851. The molecule has 5 heteroatoms. The van der Waals surface area contributed by atoms with Gasteiger partial charge in [-0.1, -0.05) is 18.2 Å². The highest BCUT2D eigenvalue weighted by atomic mass is 19.1. The van der Waals surface area contributed by atoms with Crippen molar-refractivity contribution in [3.63, 3.8) is 0 Å². The predicted molar refractivity (Wildman–Crippen MR) is 90.4 cm³/mol. The first-order valence-corrected chi connectivity index (χ1v) is 7.92. The molecule has 1 saturated heterocycles. The maximum atomic E-state index is 13.0. The van der Waals surface area contributed by atoms with Crippen LogP contribution in [0.15, 0.2) is 48.5 Å². The van der Waals surface area contributed by atoms with Crippen molar-refractivity contribution < 1.29 is 14.0 Å². The Morgan fingerprint density at radius 2 is 1.75 bits per heavy atom. The van der Waals surface area contributed by atoms with Gasteiger partial charge in [-0.05, 0) is 49.7 Å². The van der Waals surface area contributed by atoms with E-state index < -0.39 is 6.04 Å². The van der Waals surface area contributed by atoms with Crippen molar-refractivity contribution in [2.24, 2.45) is 0 Å². The van der Waals surface area contributed by atoms with E-state index in [0.29, 0.717) is 18.7 Å². The Labute approximate surface area is 140 Å². The number of amides is 2. The van der Waals surface area contributed by atoms with Gasteiger partial charge in [0.15, 0.2) is 0 Å². The molecule has 124 valence electrons. The lowest BCUT2D eigenvalue weighted by Gasteiger charge is -2.39. The molecule has 0 aliphatic carbocycles. The van der Waals surface area contributed by atoms with Gasteiger partial charge in [0.2, 0.25) is 5.91 Å². The zero-order chi connectivity index (χ0) is 17.3. The van der Waals surface area contributed by atoms with E-state index in [-0.39, 0.29) is 17.6 Å². The van der Waals surface area contributed by atoms with Crippen molar-refractivity contribution in [1.29, 1.82) is 0 Å². The Hall–Kier alpha value is -2.69. The number of para-hydroxylation sites is 1. The molecule has 0 aromatic heterocycles. The molecule has 0 bridgehead atoms. The van der Waals surface area contributed by atoms with Crippen molar-refractivity contribution in [3.8, 4) is 0 Å². The summed E-state index contributed by atoms with van der Waals surface area (Å²) in [6.07, 6.45) is 0. The summed E-state index contributed by atoms with van der Waals surface area (Å²) in [5.41, 5.74) is 2.29. The first kappa shape index (κ1) is 16.2. The number of nitrogens with zero attached hydrogens (tertiary/aromatic N) is 2. The summed E-state index contributed by atoms with van der Waals surface area (Å²) in [6.45, 7) is 4.58. The lowest BCUT2D eigenvalue weighted by molar-refractivity contribution is -0.124. The molecule has 0 radical (unpaired) electrons. The normalized spacial score (nSPS) is 18.0. The van der Waals surface area contributed by atoms with Crippen molar-refractivity contribution in [2.75, 3.05) is 18.0 Å². The first-order chi connectivity index (χ1) is 11.5. The fourth-order valence-corrected chi connectivity index (χ4v) is 3.01. The minimum absolute atomic E-state index is 0.106. The van der Waals surface area contributed by atoms with Gasteiger partial charge in [0.1, 0.15) is 11.9 Å². The summed E-state index contributed by atoms with van der Waals surface area (Å²) < 4.78 is 13.0. The van der Waals surface area contributed by atoms with Gasteiger partial charge in [-0.2, -0.15) is 0 Å². The fourth-order valence-electron chi connectivity index (χ4n) is 3.01. The van der Waals surface area contributed by atoms with E-state index in [0.717, 1.165) is 11.3 Å². The van der Waals surface area contributed by atoms with E-state index in [1.807, 2.05) is 31.2 Å². The molecule has 0 spiro atoms. The zero-order valence-corrected chi connectivity index (χ0v) is 13.7. The lowest BCUT2D eigenvalue weighted by Crippen LogP contribution is -2.57. The largest absolute Gasteiger partial charge is 0.325 e. The van der Waals surface area contributed by atoms with Crippen LogP contribution in [0.3, 0.4) is 0 Å². The second-order valence-corrected chi connectivity index (χ2v) is 5.96. The molecular formula is C19H19FN2O2. The van der Waals surface area contributed by atoms with E-state index in [2.05, 4.69) is 0 Å².